The molecule has 5 nitrogen and oxygen atoms in total. The van der Waals surface area contributed by atoms with Crippen LogP contribution in [-0.4, -0.2) is 42.7 Å². The lowest BCUT2D eigenvalue weighted by Crippen LogP contribution is -2.28. The molecular weight excluding hydrogens is 394 g/mol. The number of aryl methyl sites for hydroxylation is 1. The number of hydrogen-bond acceptors (Lipinski definition) is 5. The number of likely N-dealkylation sites (N-methyl/N-ethyl adjacent to an activating group) is 1. The summed E-state index contributed by atoms with van der Waals surface area (Å²) in [5.74, 6) is 0.799. The number of benzene rings is 2. The number of anilines is 1. The molecule has 2 aliphatic heterocycles. The molecule has 0 aliphatic carbocycles. The molecule has 0 spiro atoms. The summed E-state index contributed by atoms with van der Waals surface area (Å²) in [6, 6.07) is 14.1. The van der Waals surface area contributed by atoms with E-state index in [2.05, 4.69) is 30.0 Å². The molecule has 1 amide bonds. The second-order valence-corrected chi connectivity index (χ2v) is 8.50. The number of nitrogens with zero attached hydrogens (tertiary/aromatic N) is 3. The Hall–Kier alpha value is -2.73. The molecule has 2 aromatic carbocycles. The summed E-state index contributed by atoms with van der Waals surface area (Å²) >= 11 is 1.44. The van der Waals surface area contributed by atoms with Gasteiger partial charge in [0.2, 0.25) is 0 Å². The Bertz CT molecular complexity index is 992. The Balaban J connectivity index is 1.58. The number of thioether (sulfide) groups is 1. The first kappa shape index (κ1) is 20.5. The first-order chi connectivity index (χ1) is 14.6. The van der Waals surface area contributed by atoms with Crippen LogP contribution < -0.4 is 9.64 Å². The smallest absolute Gasteiger partial charge is 0.266 e. The van der Waals surface area contributed by atoms with E-state index in [1.807, 2.05) is 37.3 Å². The highest BCUT2D eigenvalue weighted by molar-refractivity contribution is 8.18. The van der Waals surface area contributed by atoms with E-state index in [1.165, 1.54) is 35.9 Å². The van der Waals surface area contributed by atoms with E-state index in [-0.39, 0.29) is 5.91 Å². The Labute approximate surface area is 182 Å². The Morgan fingerprint density at radius 1 is 1.13 bits per heavy atom. The summed E-state index contributed by atoms with van der Waals surface area (Å²) in [4.78, 5) is 22.5. The van der Waals surface area contributed by atoms with E-state index < -0.39 is 0 Å². The zero-order valence-corrected chi connectivity index (χ0v) is 18.5. The molecule has 2 heterocycles. The van der Waals surface area contributed by atoms with Gasteiger partial charge in [0.05, 0.1) is 17.7 Å². The molecule has 0 atom stereocenters. The Morgan fingerprint density at radius 2 is 1.87 bits per heavy atom. The van der Waals surface area contributed by atoms with Gasteiger partial charge in [-0.1, -0.05) is 6.07 Å². The van der Waals surface area contributed by atoms with Gasteiger partial charge in [-0.2, -0.15) is 0 Å². The summed E-state index contributed by atoms with van der Waals surface area (Å²) < 4.78 is 5.20. The molecule has 0 N–H and O–H groups in total. The van der Waals surface area contributed by atoms with Crippen LogP contribution in [0.1, 0.15) is 30.9 Å². The van der Waals surface area contributed by atoms with E-state index >= 15 is 0 Å². The van der Waals surface area contributed by atoms with Crippen molar-refractivity contribution in [2.45, 2.75) is 26.7 Å². The first-order valence-corrected chi connectivity index (χ1v) is 11.2. The number of carbonyl (C=O) groups is 1. The highest BCUT2D eigenvalue weighted by atomic mass is 32.2. The van der Waals surface area contributed by atoms with Crippen molar-refractivity contribution >= 4 is 40.3 Å². The molecule has 2 aromatic rings. The second-order valence-electron chi connectivity index (χ2n) is 7.49. The van der Waals surface area contributed by atoms with Crippen LogP contribution in [0.4, 0.5) is 11.4 Å². The van der Waals surface area contributed by atoms with Crippen molar-refractivity contribution in [3.8, 4) is 5.75 Å². The lowest BCUT2D eigenvalue weighted by atomic mass is 10.1. The van der Waals surface area contributed by atoms with Crippen molar-refractivity contribution < 1.29 is 9.53 Å². The summed E-state index contributed by atoms with van der Waals surface area (Å²) in [5, 5.41) is 0.713. The molecule has 6 heteroatoms. The standard InChI is InChI=1S/C24H27N3O2S/c1-4-27-23(28)22(30-24(27)25-19-8-11-21(29-3)12-9-19)16-18-7-10-20(15-17(18)2)26-13-5-6-14-26/h7-12,15-16H,4-6,13-14H2,1-3H3/b22-16-,25-24?. The number of ether oxygens (including phenoxy) is 1. The maximum Gasteiger partial charge on any atom is 0.266 e. The van der Waals surface area contributed by atoms with Gasteiger partial charge < -0.3 is 9.64 Å². The molecule has 156 valence electrons. The van der Waals surface area contributed by atoms with Crippen molar-refractivity contribution in [1.29, 1.82) is 0 Å². The Morgan fingerprint density at radius 3 is 2.50 bits per heavy atom. The maximum absolute atomic E-state index is 13.0. The lowest BCUT2D eigenvalue weighted by Gasteiger charge is -2.18. The average Bonchev–Trinajstić information content (AvgIpc) is 3.39. The average molecular weight is 422 g/mol. The third kappa shape index (κ3) is 4.24. The van der Waals surface area contributed by atoms with E-state index in [0.29, 0.717) is 16.6 Å². The fourth-order valence-corrected chi connectivity index (χ4v) is 4.83. The fraction of sp³-hybridized carbons (Fsp3) is 0.333. The minimum absolute atomic E-state index is 0.0118. The van der Waals surface area contributed by atoms with Gasteiger partial charge in [-0.25, -0.2) is 4.99 Å². The molecule has 0 radical (unpaired) electrons. The van der Waals surface area contributed by atoms with Crippen molar-refractivity contribution in [2.75, 3.05) is 31.6 Å². The number of hydrogen-bond donors (Lipinski definition) is 0. The molecular formula is C24H27N3O2S. The van der Waals surface area contributed by atoms with Crippen LogP contribution >= 0.6 is 11.8 Å². The number of methoxy groups -OCH3 is 1. The summed E-state index contributed by atoms with van der Waals surface area (Å²) in [6.45, 7) is 6.93. The van der Waals surface area contributed by atoms with Gasteiger partial charge in [0.25, 0.3) is 5.91 Å². The third-order valence-corrected chi connectivity index (χ3v) is 6.52. The van der Waals surface area contributed by atoms with E-state index in [1.54, 1.807) is 12.0 Å². The number of carbonyl (C=O) groups excluding carboxylic acids is 1. The van der Waals surface area contributed by atoms with Gasteiger partial charge in [-0.05, 0) is 92.1 Å². The van der Waals surface area contributed by atoms with Crippen LogP contribution in [-0.2, 0) is 4.79 Å². The van der Waals surface area contributed by atoms with Gasteiger partial charge in [-0.15, -0.1) is 0 Å². The molecule has 0 saturated carbocycles. The topological polar surface area (TPSA) is 45.1 Å². The van der Waals surface area contributed by atoms with Gasteiger partial charge in [0.15, 0.2) is 5.17 Å². The molecule has 4 rings (SSSR count). The number of aliphatic imine (C=N–C) groups is 1. The summed E-state index contributed by atoms with van der Waals surface area (Å²) in [5.41, 5.74) is 4.34. The van der Waals surface area contributed by atoms with Crippen LogP contribution in [0, 0.1) is 6.92 Å². The quantitative estimate of drug-likeness (QED) is 0.621. The lowest BCUT2D eigenvalue weighted by molar-refractivity contribution is -0.122. The molecule has 30 heavy (non-hydrogen) atoms. The maximum atomic E-state index is 13.0. The predicted octanol–water partition coefficient (Wildman–Crippen LogP) is 5.23. The minimum Gasteiger partial charge on any atom is -0.497 e. The highest BCUT2D eigenvalue weighted by Gasteiger charge is 2.32. The molecule has 0 unspecified atom stereocenters. The SMILES string of the molecule is CCN1C(=O)/C(=C/c2ccc(N3CCCC3)cc2C)SC1=Nc1ccc(OC)cc1. The molecule has 2 aliphatic rings. The minimum atomic E-state index is 0.0118. The summed E-state index contributed by atoms with van der Waals surface area (Å²) in [6.07, 6.45) is 4.52. The van der Waals surface area contributed by atoms with Crippen molar-refractivity contribution in [3.63, 3.8) is 0 Å². The third-order valence-electron chi connectivity index (χ3n) is 5.51. The van der Waals surface area contributed by atoms with Crippen LogP contribution in [0.25, 0.3) is 6.08 Å². The molecule has 0 aromatic heterocycles. The van der Waals surface area contributed by atoms with E-state index in [0.717, 1.165) is 30.1 Å². The van der Waals surface area contributed by atoms with Crippen molar-refractivity contribution in [1.82, 2.24) is 4.90 Å². The summed E-state index contributed by atoms with van der Waals surface area (Å²) in [7, 11) is 1.64. The largest absolute Gasteiger partial charge is 0.497 e. The normalized spacial score (nSPS) is 19.4. The molecule has 2 saturated heterocycles. The zero-order chi connectivity index (χ0) is 21.1. The zero-order valence-electron chi connectivity index (χ0n) is 17.7. The van der Waals surface area contributed by atoms with E-state index in [4.69, 9.17) is 9.73 Å². The molecule has 0 bridgehead atoms. The highest BCUT2D eigenvalue weighted by Crippen LogP contribution is 2.35. The van der Waals surface area contributed by atoms with E-state index in [9.17, 15) is 4.79 Å². The number of amidine groups is 1. The van der Waals surface area contributed by atoms with Crippen molar-refractivity contribution in [3.05, 3.63) is 58.5 Å². The number of amides is 1. The van der Waals surface area contributed by atoms with Gasteiger partial charge in [-0.3, -0.25) is 9.69 Å². The van der Waals surface area contributed by atoms with Gasteiger partial charge >= 0.3 is 0 Å². The fourth-order valence-electron chi connectivity index (χ4n) is 3.77. The van der Waals surface area contributed by atoms with Crippen LogP contribution in [0.3, 0.4) is 0 Å². The second kappa shape index (κ2) is 8.96. The molecule has 2 fully saturated rings. The van der Waals surface area contributed by atoms with Gasteiger partial charge in [0, 0.05) is 25.3 Å². The monoisotopic (exact) mass is 421 g/mol. The predicted molar refractivity (Wildman–Crippen MR) is 126 cm³/mol. The Kier molecular flexibility index (Phi) is 6.13. The first-order valence-electron chi connectivity index (χ1n) is 10.4. The van der Waals surface area contributed by atoms with Crippen LogP contribution in [0.15, 0.2) is 52.4 Å². The van der Waals surface area contributed by atoms with Crippen LogP contribution in [0.2, 0.25) is 0 Å². The number of rotatable bonds is 5. The van der Waals surface area contributed by atoms with Crippen molar-refractivity contribution in [2.24, 2.45) is 4.99 Å². The van der Waals surface area contributed by atoms with Crippen LogP contribution in [0.5, 0.6) is 5.75 Å². The van der Waals surface area contributed by atoms with Gasteiger partial charge in [0.1, 0.15) is 5.75 Å².